The number of rotatable bonds is 9. The summed E-state index contributed by atoms with van der Waals surface area (Å²) in [7, 11) is 0. The van der Waals surface area contributed by atoms with Gasteiger partial charge in [-0.05, 0) is 104 Å². The molecule has 4 heterocycles. The van der Waals surface area contributed by atoms with Crippen LogP contribution in [0.25, 0.3) is 50.2 Å². The predicted molar refractivity (Wildman–Crippen MR) is 225 cm³/mol. The summed E-state index contributed by atoms with van der Waals surface area (Å²) in [5, 5.41) is 64.5. The minimum absolute atomic E-state index is 0.0105. The average molecular weight is 794 g/mol. The van der Waals surface area contributed by atoms with Crippen molar-refractivity contribution in [2.75, 3.05) is 5.32 Å². The molecule has 0 aliphatic carbocycles. The summed E-state index contributed by atoms with van der Waals surface area (Å²) in [6, 6.07) is 33.0. The molecular formula is C44H35N13O3. The first-order valence-electron chi connectivity index (χ1n) is 19.1. The van der Waals surface area contributed by atoms with Crippen LogP contribution < -0.4 is 5.32 Å². The molecule has 60 heavy (non-hydrogen) atoms. The molecule has 0 atom stereocenters. The number of benzene rings is 6. The molecule has 0 bridgehead atoms. The summed E-state index contributed by atoms with van der Waals surface area (Å²) in [6.45, 7) is 5.76. The first-order valence-corrected chi connectivity index (χ1v) is 19.1. The van der Waals surface area contributed by atoms with Crippen LogP contribution in [0.15, 0.2) is 109 Å². The van der Waals surface area contributed by atoms with Gasteiger partial charge in [-0.1, -0.05) is 36.4 Å². The maximum atomic E-state index is 11.3. The summed E-state index contributed by atoms with van der Waals surface area (Å²) in [5.74, 6) is 0.865. The van der Waals surface area contributed by atoms with Crippen LogP contribution >= 0.6 is 0 Å². The van der Waals surface area contributed by atoms with E-state index in [0.717, 1.165) is 44.3 Å². The molecule has 16 heteroatoms. The molecule has 0 amide bonds. The Balaban J connectivity index is 0.999. The van der Waals surface area contributed by atoms with Crippen LogP contribution in [0, 0.1) is 20.8 Å². The highest BCUT2D eigenvalue weighted by Crippen LogP contribution is 2.33. The Hall–Kier alpha value is -8.27. The van der Waals surface area contributed by atoms with Crippen molar-refractivity contribution < 1.29 is 15.3 Å². The van der Waals surface area contributed by atoms with Gasteiger partial charge in [0.05, 0.1) is 17.1 Å². The number of phenols is 3. The number of aromatic hydroxyl groups is 3. The van der Waals surface area contributed by atoms with Gasteiger partial charge >= 0.3 is 0 Å². The highest BCUT2D eigenvalue weighted by Gasteiger charge is 2.19. The van der Waals surface area contributed by atoms with Gasteiger partial charge in [-0.3, -0.25) is 0 Å². The molecule has 4 aromatic heterocycles. The molecule has 6 aromatic carbocycles. The minimum atomic E-state index is -0.0690. The second-order valence-corrected chi connectivity index (χ2v) is 14.6. The van der Waals surface area contributed by atoms with Crippen molar-refractivity contribution in [3.8, 4) is 34.3 Å². The van der Waals surface area contributed by atoms with Crippen molar-refractivity contribution in [1.29, 1.82) is 0 Å². The minimum Gasteiger partial charge on any atom is -0.508 e. The van der Waals surface area contributed by atoms with Gasteiger partial charge in [0, 0.05) is 30.5 Å². The van der Waals surface area contributed by atoms with Crippen LogP contribution in [0.3, 0.4) is 0 Å². The Morgan fingerprint density at radius 1 is 0.433 bits per heavy atom. The number of hydrogen-bond acceptors (Lipinski definition) is 13. The molecular weight excluding hydrogens is 759 g/mol. The van der Waals surface area contributed by atoms with E-state index in [1.807, 2.05) is 106 Å². The van der Waals surface area contributed by atoms with Crippen LogP contribution in [0.2, 0.25) is 0 Å². The number of anilines is 2. The van der Waals surface area contributed by atoms with Gasteiger partial charge in [-0.25, -0.2) is 4.98 Å². The third-order valence-electron chi connectivity index (χ3n) is 10.3. The van der Waals surface area contributed by atoms with E-state index in [4.69, 9.17) is 15.0 Å². The normalized spacial score (nSPS) is 11.6. The molecule has 294 valence electrons. The molecule has 4 N–H and O–H groups in total. The van der Waals surface area contributed by atoms with E-state index in [1.165, 1.54) is 14.4 Å². The Kier molecular flexibility index (Phi) is 8.59. The number of fused-ring (bicyclic) bond motifs is 3. The van der Waals surface area contributed by atoms with Gasteiger partial charge in [-0.2, -0.15) is 19.6 Å². The zero-order chi connectivity index (χ0) is 41.1. The van der Waals surface area contributed by atoms with E-state index >= 15 is 0 Å². The van der Waals surface area contributed by atoms with Gasteiger partial charge in [0.15, 0.2) is 0 Å². The maximum absolute atomic E-state index is 11.3. The fourth-order valence-electron chi connectivity index (χ4n) is 7.22. The summed E-state index contributed by atoms with van der Waals surface area (Å²) < 4.78 is 0. The summed E-state index contributed by atoms with van der Waals surface area (Å²) in [4.78, 5) is 18.8. The zero-order valence-electron chi connectivity index (χ0n) is 32.5. The second kappa shape index (κ2) is 14.3. The topological polar surface area (TPSA) is 204 Å². The quantitative estimate of drug-likeness (QED) is 0.108. The van der Waals surface area contributed by atoms with Crippen molar-refractivity contribution in [1.82, 2.24) is 59.9 Å². The number of phenolic OH excluding ortho intramolecular Hbond substituents is 3. The molecule has 0 unspecified atom stereocenters. The van der Waals surface area contributed by atoms with E-state index in [2.05, 4.69) is 35.9 Å². The van der Waals surface area contributed by atoms with Crippen molar-refractivity contribution in [3.63, 3.8) is 0 Å². The Morgan fingerprint density at radius 2 is 0.867 bits per heavy atom. The van der Waals surface area contributed by atoms with Crippen molar-refractivity contribution in [2.45, 2.75) is 33.6 Å². The monoisotopic (exact) mass is 793 g/mol. The lowest BCUT2D eigenvalue weighted by Crippen LogP contribution is -2.10. The fourth-order valence-corrected chi connectivity index (χ4v) is 7.22. The molecule has 0 radical (unpaired) electrons. The molecule has 0 spiro atoms. The van der Waals surface area contributed by atoms with Gasteiger partial charge < -0.3 is 20.6 Å². The first kappa shape index (κ1) is 36.1. The van der Waals surface area contributed by atoms with E-state index in [9.17, 15) is 15.3 Å². The second-order valence-electron chi connectivity index (χ2n) is 14.6. The third kappa shape index (κ3) is 6.70. The third-order valence-corrected chi connectivity index (χ3v) is 10.3. The highest BCUT2D eigenvalue weighted by molar-refractivity contribution is 5.76. The van der Waals surface area contributed by atoms with Crippen molar-refractivity contribution >= 4 is 44.7 Å². The van der Waals surface area contributed by atoms with Crippen LogP contribution in [-0.4, -0.2) is 75.3 Å². The Morgan fingerprint density at radius 3 is 1.37 bits per heavy atom. The smallest absolute Gasteiger partial charge is 0.230 e. The number of nitrogens with one attached hydrogen (secondary N) is 1. The Labute approximate surface area is 341 Å². The Bertz CT molecular complexity index is 2840. The average Bonchev–Trinajstić information content (AvgIpc) is 3.98. The standard InChI is InChI=1S/C44H35N13O3/c1-24-18-38(57-53-33-14-8-9-15-34(33)54-57)41(60)19-27(24)20-42-46-43(21-28-16-25(2)36(22-39(28)58)55-49-29-10-4-5-11-30(29)50-55)48-44(47-42)45-35-17-26(3)37(23-40(35)59)56-51-31-12-6-7-13-32(31)52-56/h4-19,22-23,58-60H,20-21H2,1-3H3,(H,45,46,47,48). The van der Waals surface area contributed by atoms with Crippen molar-refractivity contribution in [3.05, 3.63) is 149 Å². The largest absolute Gasteiger partial charge is 0.508 e. The van der Waals surface area contributed by atoms with Gasteiger partial charge in [0.25, 0.3) is 0 Å². The maximum Gasteiger partial charge on any atom is 0.230 e. The van der Waals surface area contributed by atoms with Crippen molar-refractivity contribution in [2.24, 2.45) is 0 Å². The fraction of sp³-hybridized carbons (Fsp3) is 0.114. The summed E-state index contributed by atoms with van der Waals surface area (Å²) in [5.41, 5.74) is 10.2. The molecule has 0 aliphatic rings. The van der Waals surface area contributed by atoms with E-state index in [0.29, 0.717) is 51.0 Å². The molecule has 16 nitrogen and oxygen atoms in total. The molecule has 0 fully saturated rings. The van der Waals surface area contributed by atoms with Gasteiger partial charge in [0.2, 0.25) is 5.95 Å². The van der Waals surface area contributed by atoms with E-state index < -0.39 is 0 Å². The molecule has 10 rings (SSSR count). The number of aromatic nitrogens is 12. The van der Waals surface area contributed by atoms with Crippen LogP contribution in [-0.2, 0) is 12.8 Å². The van der Waals surface area contributed by atoms with Crippen LogP contribution in [0.1, 0.15) is 39.5 Å². The summed E-state index contributed by atoms with van der Waals surface area (Å²) in [6.07, 6.45) is 0.374. The van der Waals surface area contributed by atoms with Crippen LogP contribution in [0.5, 0.6) is 17.2 Å². The molecule has 0 aliphatic heterocycles. The number of nitrogens with zero attached hydrogens (tertiary/aromatic N) is 12. The predicted octanol–water partition coefficient (Wildman–Crippen LogP) is 7.04. The molecule has 0 saturated carbocycles. The number of hydrogen-bond donors (Lipinski definition) is 4. The SMILES string of the molecule is Cc1cc(-n2nc3ccccc3n2)c(O)cc1Cc1nc(Cc2cc(C)c(-n3nc4ccccc4n3)cc2O)nc(Nc2cc(C)c(-n3nc4ccccc4n3)cc2O)n1. The molecule has 0 saturated heterocycles. The lowest BCUT2D eigenvalue weighted by molar-refractivity contribution is 0.466. The van der Waals surface area contributed by atoms with Gasteiger partial charge in [-0.15, -0.1) is 35.4 Å². The van der Waals surface area contributed by atoms with E-state index in [1.54, 1.807) is 24.3 Å². The first-order chi connectivity index (χ1) is 29.1. The lowest BCUT2D eigenvalue weighted by Gasteiger charge is -2.14. The zero-order valence-corrected chi connectivity index (χ0v) is 32.5. The number of aryl methyl sites for hydroxylation is 3. The van der Waals surface area contributed by atoms with E-state index in [-0.39, 0.29) is 36.0 Å². The molecule has 10 aromatic rings. The van der Waals surface area contributed by atoms with Crippen LogP contribution in [0.4, 0.5) is 11.6 Å². The lowest BCUT2D eigenvalue weighted by atomic mass is 10.0. The summed E-state index contributed by atoms with van der Waals surface area (Å²) >= 11 is 0. The highest BCUT2D eigenvalue weighted by atomic mass is 16.3. The van der Waals surface area contributed by atoms with Gasteiger partial charge in [0.1, 0.15) is 67.7 Å².